The summed E-state index contributed by atoms with van der Waals surface area (Å²) in [6, 6.07) is 10.3. The van der Waals surface area contributed by atoms with Crippen molar-refractivity contribution in [1.29, 1.82) is 0 Å². The van der Waals surface area contributed by atoms with Gasteiger partial charge < -0.3 is 10.6 Å². The van der Waals surface area contributed by atoms with Crippen LogP contribution in [0.2, 0.25) is 0 Å². The van der Waals surface area contributed by atoms with E-state index >= 15 is 0 Å². The molecule has 0 aliphatic carbocycles. The molecule has 1 aromatic carbocycles. The van der Waals surface area contributed by atoms with Crippen molar-refractivity contribution in [2.24, 2.45) is 11.8 Å². The average Bonchev–Trinajstić information content (AvgIpc) is 2.98. The highest BCUT2D eigenvalue weighted by Gasteiger charge is 2.36. The molecular formula is C18H25N3O2S. The number of thioether (sulfide) groups is 1. The van der Waals surface area contributed by atoms with E-state index in [1.54, 1.807) is 0 Å². The first-order valence-corrected chi connectivity index (χ1v) is 9.51. The van der Waals surface area contributed by atoms with E-state index in [2.05, 4.69) is 53.6 Å². The first-order chi connectivity index (χ1) is 11.5. The number of hydrogen-bond donors (Lipinski definition) is 2. The van der Waals surface area contributed by atoms with Crippen LogP contribution in [0.1, 0.15) is 19.4 Å². The minimum absolute atomic E-state index is 0.0476. The molecule has 5 nitrogen and oxygen atoms in total. The second kappa shape index (κ2) is 7.57. The maximum absolute atomic E-state index is 12.4. The van der Waals surface area contributed by atoms with Gasteiger partial charge in [-0.3, -0.25) is 14.5 Å². The third-order valence-electron chi connectivity index (χ3n) is 4.87. The topological polar surface area (TPSA) is 61.4 Å². The first-order valence-electron chi connectivity index (χ1n) is 8.53. The van der Waals surface area contributed by atoms with Crippen LogP contribution in [-0.2, 0) is 11.3 Å². The predicted octanol–water partition coefficient (Wildman–Crippen LogP) is 2.08. The molecule has 2 saturated heterocycles. The Bertz CT molecular complexity index is 583. The van der Waals surface area contributed by atoms with E-state index in [0.29, 0.717) is 17.6 Å². The van der Waals surface area contributed by atoms with Crippen LogP contribution < -0.4 is 10.6 Å². The number of hydrogen-bond acceptors (Lipinski definition) is 4. The summed E-state index contributed by atoms with van der Waals surface area (Å²) in [6.07, 6.45) is 0. The van der Waals surface area contributed by atoms with Gasteiger partial charge in [-0.1, -0.05) is 55.9 Å². The number of piperidine rings is 1. The molecule has 6 heteroatoms. The molecule has 0 bridgehead atoms. The fourth-order valence-corrected chi connectivity index (χ4v) is 4.50. The van der Waals surface area contributed by atoms with E-state index in [1.165, 1.54) is 17.3 Å². The van der Waals surface area contributed by atoms with Gasteiger partial charge in [0.2, 0.25) is 5.91 Å². The van der Waals surface area contributed by atoms with E-state index in [4.69, 9.17) is 0 Å². The number of nitrogens with one attached hydrogen (secondary N) is 2. The molecule has 0 aromatic heterocycles. The van der Waals surface area contributed by atoms with Gasteiger partial charge in [-0.25, -0.2) is 0 Å². The quantitative estimate of drug-likeness (QED) is 0.875. The summed E-state index contributed by atoms with van der Waals surface area (Å²) in [5.41, 5.74) is 1.32. The maximum atomic E-state index is 12.4. The second-order valence-electron chi connectivity index (χ2n) is 6.96. The molecule has 3 atom stereocenters. The van der Waals surface area contributed by atoms with Crippen molar-refractivity contribution in [2.45, 2.75) is 32.5 Å². The maximum Gasteiger partial charge on any atom is 0.279 e. The lowest BCUT2D eigenvalue weighted by atomic mass is 9.85. The molecular weight excluding hydrogens is 322 g/mol. The largest absolute Gasteiger partial charge is 0.351 e. The summed E-state index contributed by atoms with van der Waals surface area (Å²) in [4.78, 5) is 26.1. The molecule has 2 heterocycles. The fourth-order valence-electron chi connectivity index (χ4n) is 3.72. The highest BCUT2D eigenvalue weighted by molar-refractivity contribution is 8.14. The van der Waals surface area contributed by atoms with E-state index in [-0.39, 0.29) is 23.2 Å². The van der Waals surface area contributed by atoms with Crippen LogP contribution in [0.5, 0.6) is 0 Å². The zero-order valence-corrected chi connectivity index (χ0v) is 15.0. The third kappa shape index (κ3) is 4.11. The Balaban J connectivity index is 1.55. The van der Waals surface area contributed by atoms with E-state index < -0.39 is 0 Å². The second-order valence-corrected chi connectivity index (χ2v) is 7.96. The monoisotopic (exact) mass is 347 g/mol. The number of benzene rings is 1. The average molecular weight is 347 g/mol. The fraction of sp³-hybridized carbons (Fsp3) is 0.556. The van der Waals surface area contributed by atoms with Gasteiger partial charge in [-0.15, -0.1) is 0 Å². The summed E-state index contributed by atoms with van der Waals surface area (Å²) in [7, 11) is 0. The summed E-state index contributed by atoms with van der Waals surface area (Å²) in [5.74, 6) is 1.24. The van der Waals surface area contributed by atoms with Gasteiger partial charge in [-0.05, 0) is 17.4 Å². The number of amides is 2. The smallest absolute Gasteiger partial charge is 0.279 e. The Morgan fingerprint density at radius 1 is 1.25 bits per heavy atom. The summed E-state index contributed by atoms with van der Waals surface area (Å²) >= 11 is 1.18. The molecule has 2 N–H and O–H groups in total. The highest BCUT2D eigenvalue weighted by atomic mass is 32.2. The van der Waals surface area contributed by atoms with Gasteiger partial charge in [0.15, 0.2) is 0 Å². The Kier molecular flexibility index (Phi) is 5.46. The Hall–Kier alpha value is -1.53. The normalized spacial score (nSPS) is 28.6. The van der Waals surface area contributed by atoms with Crippen LogP contribution in [0.25, 0.3) is 0 Å². The van der Waals surface area contributed by atoms with Crippen molar-refractivity contribution in [2.75, 3.05) is 18.8 Å². The number of nitrogens with zero attached hydrogens (tertiary/aromatic N) is 1. The standard InChI is InChI=1S/C18H25N3O2S/c1-12-8-21(10-14-6-4-3-5-7-14)9-13(2)16(12)20-17(22)15-11-24-18(23)19-15/h3-7,12-13,15-16H,8-11H2,1-2H3,(H,19,23)(H,20,22)/t12-,13-,15-/m1/s1. The lowest BCUT2D eigenvalue weighted by Gasteiger charge is -2.42. The van der Waals surface area contributed by atoms with Crippen LogP contribution >= 0.6 is 11.8 Å². The molecule has 0 unspecified atom stereocenters. The van der Waals surface area contributed by atoms with Gasteiger partial charge in [-0.2, -0.15) is 0 Å². The van der Waals surface area contributed by atoms with Crippen LogP contribution in [-0.4, -0.2) is 47.0 Å². The van der Waals surface area contributed by atoms with Crippen molar-refractivity contribution in [3.8, 4) is 0 Å². The van der Waals surface area contributed by atoms with Gasteiger partial charge in [0.05, 0.1) is 0 Å². The zero-order valence-electron chi connectivity index (χ0n) is 14.2. The molecule has 2 aliphatic rings. The molecule has 0 saturated carbocycles. The lowest BCUT2D eigenvalue weighted by molar-refractivity contribution is -0.124. The van der Waals surface area contributed by atoms with Crippen LogP contribution in [0, 0.1) is 11.8 Å². The molecule has 2 amide bonds. The molecule has 2 fully saturated rings. The molecule has 0 spiro atoms. The zero-order chi connectivity index (χ0) is 17.1. The molecule has 1 aromatic rings. The number of likely N-dealkylation sites (tertiary alicyclic amines) is 1. The van der Waals surface area contributed by atoms with Crippen molar-refractivity contribution in [3.63, 3.8) is 0 Å². The lowest BCUT2D eigenvalue weighted by Crippen LogP contribution is -2.57. The Labute approximate surface area is 147 Å². The Morgan fingerprint density at radius 3 is 2.50 bits per heavy atom. The predicted molar refractivity (Wildman–Crippen MR) is 96.8 cm³/mol. The summed E-state index contributed by atoms with van der Waals surface area (Å²) in [6.45, 7) is 7.28. The minimum Gasteiger partial charge on any atom is -0.351 e. The number of carbonyl (C=O) groups is 2. The van der Waals surface area contributed by atoms with Crippen molar-refractivity contribution in [3.05, 3.63) is 35.9 Å². The summed E-state index contributed by atoms with van der Waals surface area (Å²) < 4.78 is 0. The number of rotatable bonds is 4. The first kappa shape index (κ1) is 17.3. The van der Waals surface area contributed by atoms with Crippen LogP contribution in [0.4, 0.5) is 4.79 Å². The van der Waals surface area contributed by atoms with Crippen molar-refractivity contribution in [1.82, 2.24) is 15.5 Å². The van der Waals surface area contributed by atoms with Crippen LogP contribution in [0.3, 0.4) is 0 Å². The molecule has 24 heavy (non-hydrogen) atoms. The van der Waals surface area contributed by atoms with Crippen molar-refractivity contribution < 1.29 is 9.59 Å². The minimum atomic E-state index is -0.385. The van der Waals surface area contributed by atoms with Gasteiger partial charge in [0.1, 0.15) is 6.04 Å². The summed E-state index contributed by atoms with van der Waals surface area (Å²) in [5, 5.41) is 5.78. The van der Waals surface area contributed by atoms with Gasteiger partial charge in [0, 0.05) is 31.4 Å². The SMILES string of the molecule is C[C@@H]1CN(Cc2ccccc2)C[C@@H](C)C1NC(=O)[C@H]1CSC(=O)N1. The van der Waals surface area contributed by atoms with Crippen molar-refractivity contribution >= 4 is 22.9 Å². The van der Waals surface area contributed by atoms with Gasteiger partial charge >= 0.3 is 0 Å². The van der Waals surface area contributed by atoms with E-state index in [1.807, 2.05) is 6.07 Å². The van der Waals surface area contributed by atoms with Crippen LogP contribution in [0.15, 0.2) is 30.3 Å². The molecule has 130 valence electrons. The molecule has 2 aliphatic heterocycles. The Morgan fingerprint density at radius 2 is 1.92 bits per heavy atom. The highest BCUT2D eigenvalue weighted by Crippen LogP contribution is 2.24. The molecule has 3 rings (SSSR count). The van der Waals surface area contributed by atoms with Gasteiger partial charge in [0.25, 0.3) is 5.24 Å². The number of carbonyl (C=O) groups excluding carboxylic acids is 2. The molecule has 0 radical (unpaired) electrons. The third-order valence-corrected chi connectivity index (χ3v) is 5.75. The van der Waals surface area contributed by atoms with E-state index in [9.17, 15) is 9.59 Å². The van der Waals surface area contributed by atoms with E-state index in [0.717, 1.165) is 19.6 Å².